The maximum absolute atomic E-state index is 12.6. The third-order valence-electron chi connectivity index (χ3n) is 4.41. The lowest BCUT2D eigenvalue weighted by atomic mass is 9.88. The highest BCUT2D eigenvalue weighted by Crippen LogP contribution is 2.23. The molecule has 0 saturated carbocycles. The van der Waals surface area contributed by atoms with E-state index in [1.54, 1.807) is 33.8 Å². The molecule has 0 spiro atoms. The number of rotatable bonds is 7. The summed E-state index contributed by atoms with van der Waals surface area (Å²) in [6.45, 7) is 6.89. The Kier molecular flexibility index (Phi) is 6.13. The molecule has 0 atom stereocenters. The molecular weight excluding hydrogens is 332 g/mol. The molecule has 0 radical (unpaired) electrons. The number of nitrogens with one attached hydrogen (secondary N) is 1. The third-order valence-corrected chi connectivity index (χ3v) is 5.45. The van der Waals surface area contributed by atoms with E-state index in [9.17, 15) is 18.0 Å². The second-order valence-corrected chi connectivity index (χ2v) is 7.50. The van der Waals surface area contributed by atoms with E-state index in [1.807, 2.05) is 0 Å². The van der Waals surface area contributed by atoms with Gasteiger partial charge in [-0.3, -0.25) is 9.59 Å². The van der Waals surface area contributed by atoms with Gasteiger partial charge >= 0.3 is 5.97 Å². The number of sulfonamides is 1. The van der Waals surface area contributed by atoms with Crippen LogP contribution in [0.1, 0.15) is 54.6 Å². The number of aryl methyl sites for hydroxylation is 1. The van der Waals surface area contributed by atoms with Crippen LogP contribution in [0.5, 0.6) is 0 Å². The fourth-order valence-electron chi connectivity index (χ4n) is 2.58. The van der Waals surface area contributed by atoms with Gasteiger partial charge in [-0.1, -0.05) is 13.8 Å². The molecule has 1 amide bonds. The number of carboxylic acid groups (broad SMARTS) is 1. The van der Waals surface area contributed by atoms with Crippen molar-refractivity contribution in [3.8, 4) is 0 Å². The molecule has 24 heavy (non-hydrogen) atoms. The van der Waals surface area contributed by atoms with E-state index in [4.69, 9.17) is 10.2 Å². The number of primary sulfonamides is 1. The normalized spacial score (nSPS) is 12.0. The summed E-state index contributed by atoms with van der Waals surface area (Å²) in [5, 5.41) is 17.0. The molecule has 0 aliphatic heterocycles. The van der Waals surface area contributed by atoms with Gasteiger partial charge in [0.15, 0.2) is 0 Å². The largest absolute Gasteiger partial charge is 0.481 e. The summed E-state index contributed by atoms with van der Waals surface area (Å²) in [6.07, 6.45) is 0.668. The van der Waals surface area contributed by atoms with Gasteiger partial charge in [0.25, 0.3) is 5.91 Å². The molecule has 0 aliphatic rings. The molecule has 8 heteroatoms. The lowest BCUT2D eigenvalue weighted by Crippen LogP contribution is -2.49. The Morgan fingerprint density at radius 1 is 1.21 bits per heavy atom. The highest BCUT2D eigenvalue weighted by molar-refractivity contribution is 7.89. The standard InChI is InChI=1S/C16H24N2O5S/c1-5-16(6-2,9-14(19)20)18-15(21)12-7-10(3)11(4)13(8-12)24(17,22)23/h7-8H,5-6,9H2,1-4H3,(H,18,21)(H,19,20)(H2,17,22,23). The number of amides is 1. The minimum Gasteiger partial charge on any atom is -0.481 e. The highest BCUT2D eigenvalue weighted by Gasteiger charge is 2.31. The van der Waals surface area contributed by atoms with Gasteiger partial charge in [0, 0.05) is 5.56 Å². The molecule has 7 nitrogen and oxygen atoms in total. The van der Waals surface area contributed by atoms with Crippen LogP contribution in [0.25, 0.3) is 0 Å². The van der Waals surface area contributed by atoms with E-state index in [2.05, 4.69) is 5.32 Å². The molecule has 0 bridgehead atoms. The molecular formula is C16H24N2O5S. The van der Waals surface area contributed by atoms with Gasteiger partial charge in [0.2, 0.25) is 10.0 Å². The first-order chi connectivity index (χ1) is 11.0. The molecule has 4 N–H and O–H groups in total. The number of benzene rings is 1. The molecule has 0 aliphatic carbocycles. The summed E-state index contributed by atoms with van der Waals surface area (Å²) in [6, 6.07) is 2.79. The number of aliphatic carboxylic acids is 1. The molecule has 0 fully saturated rings. The van der Waals surface area contributed by atoms with Crippen LogP contribution in [0.4, 0.5) is 0 Å². The van der Waals surface area contributed by atoms with E-state index >= 15 is 0 Å². The first kappa shape index (κ1) is 20.1. The van der Waals surface area contributed by atoms with Crippen molar-refractivity contribution < 1.29 is 23.1 Å². The smallest absolute Gasteiger partial charge is 0.305 e. The summed E-state index contributed by atoms with van der Waals surface area (Å²) in [5.41, 5.74) is 0.350. The summed E-state index contributed by atoms with van der Waals surface area (Å²) < 4.78 is 23.4. The van der Waals surface area contributed by atoms with Gasteiger partial charge in [-0.2, -0.15) is 0 Å². The van der Waals surface area contributed by atoms with Crippen molar-refractivity contribution in [3.05, 3.63) is 28.8 Å². The van der Waals surface area contributed by atoms with Gasteiger partial charge in [0.1, 0.15) is 0 Å². The molecule has 0 heterocycles. The van der Waals surface area contributed by atoms with Crippen LogP contribution in [0.15, 0.2) is 17.0 Å². The number of hydrogen-bond donors (Lipinski definition) is 3. The van der Waals surface area contributed by atoms with E-state index in [1.165, 1.54) is 6.07 Å². The lowest BCUT2D eigenvalue weighted by molar-refractivity contribution is -0.138. The summed E-state index contributed by atoms with van der Waals surface area (Å²) in [4.78, 5) is 23.5. The minimum atomic E-state index is -3.96. The molecule has 0 unspecified atom stereocenters. The molecule has 1 aromatic rings. The topological polar surface area (TPSA) is 127 Å². The quantitative estimate of drug-likeness (QED) is 0.685. The molecule has 0 aromatic heterocycles. The van der Waals surface area contributed by atoms with Crippen LogP contribution in [0, 0.1) is 13.8 Å². The number of nitrogens with two attached hydrogens (primary N) is 1. The Labute approximate surface area is 142 Å². The number of carbonyl (C=O) groups excluding carboxylic acids is 1. The SMILES string of the molecule is CCC(CC)(CC(=O)O)NC(=O)c1cc(C)c(C)c(S(N)(=O)=O)c1. The summed E-state index contributed by atoms with van der Waals surface area (Å²) in [7, 11) is -3.96. The molecule has 0 saturated heterocycles. The second kappa shape index (κ2) is 7.31. The van der Waals surface area contributed by atoms with Crippen LogP contribution in [-0.2, 0) is 14.8 Å². The zero-order chi connectivity index (χ0) is 18.7. The Morgan fingerprint density at radius 2 is 1.75 bits per heavy atom. The second-order valence-electron chi connectivity index (χ2n) is 5.97. The fraction of sp³-hybridized carbons (Fsp3) is 0.500. The van der Waals surface area contributed by atoms with Crippen molar-refractivity contribution >= 4 is 21.9 Å². The van der Waals surface area contributed by atoms with Crippen molar-refractivity contribution in [1.82, 2.24) is 5.32 Å². The molecule has 1 aromatic carbocycles. The Morgan fingerprint density at radius 3 is 2.17 bits per heavy atom. The first-order valence-corrected chi connectivity index (χ1v) is 9.18. The van der Waals surface area contributed by atoms with Crippen LogP contribution in [0.2, 0.25) is 0 Å². The predicted molar refractivity (Wildman–Crippen MR) is 90.3 cm³/mol. The average Bonchev–Trinajstić information content (AvgIpc) is 2.47. The van der Waals surface area contributed by atoms with E-state index in [-0.39, 0.29) is 16.9 Å². The summed E-state index contributed by atoms with van der Waals surface area (Å²) >= 11 is 0. The number of carboxylic acids is 1. The van der Waals surface area contributed by atoms with Crippen molar-refractivity contribution in [2.75, 3.05) is 0 Å². The molecule has 134 valence electrons. The molecule has 1 rings (SSSR count). The number of carbonyl (C=O) groups is 2. The highest BCUT2D eigenvalue weighted by atomic mass is 32.2. The van der Waals surface area contributed by atoms with Gasteiger partial charge < -0.3 is 10.4 Å². The summed E-state index contributed by atoms with van der Waals surface area (Å²) in [5.74, 6) is -1.53. The average molecular weight is 356 g/mol. The van der Waals surface area contributed by atoms with Crippen LogP contribution < -0.4 is 10.5 Å². The van der Waals surface area contributed by atoms with E-state index < -0.39 is 27.4 Å². The first-order valence-electron chi connectivity index (χ1n) is 7.64. The van der Waals surface area contributed by atoms with E-state index in [0.29, 0.717) is 24.0 Å². The minimum absolute atomic E-state index is 0.107. The monoisotopic (exact) mass is 356 g/mol. The predicted octanol–water partition coefficient (Wildman–Crippen LogP) is 1.71. The third kappa shape index (κ3) is 4.55. The Bertz CT molecular complexity index is 752. The Hall–Kier alpha value is -1.93. The van der Waals surface area contributed by atoms with Gasteiger partial charge in [0.05, 0.1) is 16.9 Å². The number of hydrogen-bond acceptors (Lipinski definition) is 4. The van der Waals surface area contributed by atoms with Gasteiger partial charge in [-0.15, -0.1) is 0 Å². The van der Waals surface area contributed by atoms with E-state index in [0.717, 1.165) is 0 Å². The maximum atomic E-state index is 12.6. The fourth-order valence-corrected chi connectivity index (χ4v) is 3.46. The van der Waals surface area contributed by atoms with Crippen molar-refractivity contribution in [2.45, 2.75) is 57.4 Å². The Balaban J connectivity index is 3.29. The zero-order valence-electron chi connectivity index (χ0n) is 14.3. The lowest BCUT2D eigenvalue weighted by Gasteiger charge is -2.31. The van der Waals surface area contributed by atoms with Gasteiger partial charge in [-0.05, 0) is 49.9 Å². The van der Waals surface area contributed by atoms with Crippen molar-refractivity contribution in [2.24, 2.45) is 5.14 Å². The van der Waals surface area contributed by atoms with Crippen LogP contribution >= 0.6 is 0 Å². The van der Waals surface area contributed by atoms with Crippen LogP contribution in [0.3, 0.4) is 0 Å². The maximum Gasteiger partial charge on any atom is 0.305 e. The van der Waals surface area contributed by atoms with Crippen molar-refractivity contribution in [3.63, 3.8) is 0 Å². The zero-order valence-corrected chi connectivity index (χ0v) is 15.2. The van der Waals surface area contributed by atoms with Crippen LogP contribution in [-0.4, -0.2) is 30.9 Å². The van der Waals surface area contributed by atoms with Gasteiger partial charge in [-0.25, -0.2) is 13.6 Å². The van der Waals surface area contributed by atoms with Crippen molar-refractivity contribution in [1.29, 1.82) is 0 Å².